The van der Waals surface area contributed by atoms with Crippen LogP contribution in [0.5, 0.6) is 11.5 Å². The number of ether oxygens (including phenoxy) is 3. The molecule has 4 rings (SSSR count). The molecule has 0 atom stereocenters. The van der Waals surface area contributed by atoms with E-state index in [9.17, 15) is 9.59 Å². The molecule has 2 aliphatic rings. The topological polar surface area (TPSA) is 77.1 Å². The Morgan fingerprint density at radius 3 is 2.22 bits per heavy atom. The number of carbonyl (C=O) groups excluding carboxylic acids is 2. The van der Waals surface area contributed by atoms with Crippen LogP contribution in [0.15, 0.2) is 48.5 Å². The molecule has 32 heavy (non-hydrogen) atoms. The first-order valence-electron chi connectivity index (χ1n) is 11.2. The Morgan fingerprint density at radius 2 is 1.59 bits per heavy atom. The monoisotopic (exact) mass is 438 g/mol. The van der Waals surface area contributed by atoms with Crippen molar-refractivity contribution in [1.82, 2.24) is 4.90 Å². The molecule has 0 unspecified atom stereocenters. The van der Waals surface area contributed by atoms with E-state index in [1.165, 1.54) is 0 Å². The smallest absolute Gasteiger partial charge is 0.260 e. The number of carbonyl (C=O) groups is 2. The highest BCUT2D eigenvalue weighted by atomic mass is 16.5. The van der Waals surface area contributed by atoms with Gasteiger partial charge in [0, 0.05) is 32.0 Å². The van der Waals surface area contributed by atoms with Crippen molar-refractivity contribution in [3.8, 4) is 11.5 Å². The Kier molecular flexibility index (Phi) is 6.95. The van der Waals surface area contributed by atoms with Gasteiger partial charge < -0.3 is 24.4 Å². The predicted octanol–water partition coefficient (Wildman–Crippen LogP) is 3.38. The molecule has 7 heteroatoms. The van der Waals surface area contributed by atoms with Gasteiger partial charge in [-0.05, 0) is 67.6 Å². The molecular formula is C25H30N2O5. The Balaban J connectivity index is 1.41. The fourth-order valence-electron chi connectivity index (χ4n) is 4.36. The van der Waals surface area contributed by atoms with Gasteiger partial charge in [0.2, 0.25) is 5.91 Å². The summed E-state index contributed by atoms with van der Waals surface area (Å²) >= 11 is 0. The lowest BCUT2D eigenvalue weighted by Crippen LogP contribution is -2.44. The maximum Gasteiger partial charge on any atom is 0.260 e. The number of likely N-dealkylation sites (tertiary alicyclic amines) is 1. The lowest BCUT2D eigenvalue weighted by molar-refractivity contribution is -0.132. The Hall–Kier alpha value is -3.06. The summed E-state index contributed by atoms with van der Waals surface area (Å²) in [7, 11) is 1.63. The van der Waals surface area contributed by atoms with Gasteiger partial charge in [0.25, 0.3) is 5.91 Å². The van der Waals surface area contributed by atoms with Gasteiger partial charge >= 0.3 is 0 Å². The van der Waals surface area contributed by atoms with E-state index in [4.69, 9.17) is 14.2 Å². The number of nitrogens with one attached hydrogen (secondary N) is 1. The number of methoxy groups -OCH3 is 1. The maximum absolute atomic E-state index is 13.4. The van der Waals surface area contributed by atoms with Crippen LogP contribution in [0.25, 0.3) is 0 Å². The first-order valence-corrected chi connectivity index (χ1v) is 11.2. The Labute approximate surface area is 188 Å². The molecule has 1 N–H and O–H groups in total. The van der Waals surface area contributed by atoms with Gasteiger partial charge in [0.15, 0.2) is 6.61 Å². The molecule has 0 saturated carbocycles. The van der Waals surface area contributed by atoms with Gasteiger partial charge in [-0.3, -0.25) is 9.59 Å². The minimum Gasteiger partial charge on any atom is -0.497 e. The zero-order valence-corrected chi connectivity index (χ0v) is 18.5. The third-order valence-corrected chi connectivity index (χ3v) is 6.36. The highest BCUT2D eigenvalue weighted by Gasteiger charge is 2.41. The highest BCUT2D eigenvalue weighted by Crippen LogP contribution is 2.37. The standard InChI is InChI=1S/C25H30N2O5/c1-30-21-8-4-19(5-9-21)25(12-16-31-17-13-25)24(29)26-20-6-10-22(11-7-20)32-18-23(28)27-14-2-3-15-27/h4-11H,2-3,12-18H2,1H3,(H,26,29). The van der Waals surface area contributed by atoms with E-state index in [1.807, 2.05) is 29.2 Å². The first-order chi connectivity index (χ1) is 15.6. The summed E-state index contributed by atoms with van der Waals surface area (Å²) in [5, 5.41) is 3.06. The minimum absolute atomic E-state index is 0.0147. The van der Waals surface area contributed by atoms with Crippen molar-refractivity contribution < 1.29 is 23.8 Å². The molecular weight excluding hydrogens is 408 g/mol. The zero-order valence-electron chi connectivity index (χ0n) is 18.5. The first kappa shape index (κ1) is 22.1. The average molecular weight is 439 g/mol. The Morgan fingerprint density at radius 1 is 0.969 bits per heavy atom. The van der Waals surface area contributed by atoms with E-state index in [0.717, 1.165) is 37.2 Å². The quantitative estimate of drug-likeness (QED) is 0.717. The van der Waals surface area contributed by atoms with E-state index in [1.54, 1.807) is 31.4 Å². The van der Waals surface area contributed by atoms with Crippen molar-refractivity contribution in [2.75, 3.05) is 45.3 Å². The summed E-state index contributed by atoms with van der Waals surface area (Å²) in [4.78, 5) is 27.4. The zero-order chi connectivity index (χ0) is 22.4. The lowest BCUT2D eigenvalue weighted by atomic mass is 9.73. The van der Waals surface area contributed by atoms with Crippen LogP contribution in [0, 0.1) is 0 Å². The van der Waals surface area contributed by atoms with Crippen molar-refractivity contribution in [2.45, 2.75) is 31.1 Å². The summed E-state index contributed by atoms with van der Waals surface area (Å²) in [6.07, 6.45) is 3.35. The third kappa shape index (κ3) is 4.88. The van der Waals surface area contributed by atoms with Gasteiger partial charge in [-0.2, -0.15) is 0 Å². The number of amides is 2. The molecule has 7 nitrogen and oxygen atoms in total. The fourth-order valence-corrected chi connectivity index (χ4v) is 4.36. The van der Waals surface area contributed by atoms with E-state index in [2.05, 4.69) is 5.32 Å². The molecule has 0 radical (unpaired) electrons. The van der Waals surface area contributed by atoms with Crippen molar-refractivity contribution >= 4 is 17.5 Å². The fraction of sp³-hybridized carbons (Fsp3) is 0.440. The molecule has 2 aromatic carbocycles. The highest BCUT2D eigenvalue weighted by molar-refractivity contribution is 5.99. The molecule has 170 valence electrons. The van der Waals surface area contributed by atoms with Crippen molar-refractivity contribution in [1.29, 1.82) is 0 Å². The Bertz CT molecular complexity index is 914. The van der Waals surface area contributed by atoms with Crippen LogP contribution >= 0.6 is 0 Å². The molecule has 0 bridgehead atoms. The van der Waals surface area contributed by atoms with E-state index < -0.39 is 5.41 Å². The van der Waals surface area contributed by atoms with E-state index in [0.29, 0.717) is 37.5 Å². The maximum atomic E-state index is 13.4. The van der Waals surface area contributed by atoms with Crippen molar-refractivity contribution in [2.24, 2.45) is 0 Å². The SMILES string of the molecule is COc1ccc(C2(C(=O)Nc3ccc(OCC(=O)N4CCCC4)cc3)CCOCC2)cc1. The molecule has 2 amide bonds. The summed E-state index contributed by atoms with van der Waals surface area (Å²) in [5.74, 6) is 1.33. The molecule has 2 fully saturated rings. The summed E-state index contributed by atoms with van der Waals surface area (Å²) in [6.45, 7) is 2.74. The van der Waals surface area contributed by atoms with Gasteiger partial charge in [-0.25, -0.2) is 0 Å². The van der Waals surface area contributed by atoms with Crippen molar-refractivity contribution in [3.05, 3.63) is 54.1 Å². The van der Waals surface area contributed by atoms with Crippen LogP contribution in [0.2, 0.25) is 0 Å². The van der Waals surface area contributed by atoms with Crippen LogP contribution in [0.4, 0.5) is 5.69 Å². The number of nitrogens with zero attached hydrogens (tertiary/aromatic N) is 1. The van der Waals surface area contributed by atoms with Gasteiger partial charge in [0.1, 0.15) is 11.5 Å². The second-order valence-corrected chi connectivity index (χ2v) is 8.28. The van der Waals surface area contributed by atoms with E-state index >= 15 is 0 Å². The minimum atomic E-state index is -0.651. The number of anilines is 1. The van der Waals surface area contributed by atoms with E-state index in [-0.39, 0.29) is 18.4 Å². The lowest BCUT2D eigenvalue weighted by Gasteiger charge is -2.36. The molecule has 2 saturated heterocycles. The summed E-state index contributed by atoms with van der Waals surface area (Å²) in [5.41, 5.74) is 0.994. The third-order valence-electron chi connectivity index (χ3n) is 6.36. The van der Waals surface area contributed by atoms with Crippen LogP contribution in [0.3, 0.4) is 0 Å². The van der Waals surface area contributed by atoms with Gasteiger partial charge in [-0.15, -0.1) is 0 Å². The average Bonchev–Trinajstić information content (AvgIpc) is 3.39. The predicted molar refractivity (Wildman–Crippen MR) is 121 cm³/mol. The number of hydrogen-bond donors (Lipinski definition) is 1. The van der Waals surface area contributed by atoms with Crippen LogP contribution in [-0.2, 0) is 19.7 Å². The molecule has 2 heterocycles. The molecule has 0 spiro atoms. The summed E-state index contributed by atoms with van der Waals surface area (Å²) < 4.78 is 16.4. The second-order valence-electron chi connectivity index (χ2n) is 8.28. The second kappa shape index (κ2) is 10.0. The van der Waals surface area contributed by atoms with Crippen LogP contribution < -0.4 is 14.8 Å². The normalized spacial score (nSPS) is 17.6. The summed E-state index contributed by atoms with van der Waals surface area (Å²) in [6, 6.07) is 14.8. The molecule has 2 aromatic rings. The van der Waals surface area contributed by atoms with Crippen LogP contribution in [-0.4, -0.2) is 56.7 Å². The van der Waals surface area contributed by atoms with Crippen molar-refractivity contribution in [3.63, 3.8) is 0 Å². The van der Waals surface area contributed by atoms with Gasteiger partial charge in [-0.1, -0.05) is 12.1 Å². The molecule has 2 aliphatic heterocycles. The number of rotatable bonds is 7. The van der Waals surface area contributed by atoms with Gasteiger partial charge in [0.05, 0.1) is 12.5 Å². The largest absolute Gasteiger partial charge is 0.497 e. The molecule has 0 aromatic heterocycles. The van der Waals surface area contributed by atoms with Crippen LogP contribution in [0.1, 0.15) is 31.2 Å². The number of benzene rings is 2. The molecule has 0 aliphatic carbocycles. The number of hydrogen-bond acceptors (Lipinski definition) is 5.